The lowest BCUT2D eigenvalue weighted by Gasteiger charge is -2.15. The summed E-state index contributed by atoms with van der Waals surface area (Å²) in [5, 5.41) is 14.5. The molecule has 2 rings (SSSR count). The van der Waals surface area contributed by atoms with E-state index >= 15 is 0 Å². The number of thiophene rings is 1. The van der Waals surface area contributed by atoms with Crippen molar-refractivity contribution in [1.82, 2.24) is 5.32 Å². The quantitative estimate of drug-likeness (QED) is 0.810. The summed E-state index contributed by atoms with van der Waals surface area (Å²) in [6, 6.07) is 6.05. The Labute approximate surface area is 122 Å². The minimum atomic E-state index is -0.944. The Bertz CT molecular complexity index is 560. The van der Waals surface area contributed by atoms with Crippen molar-refractivity contribution in [2.45, 2.75) is 39.3 Å². The Morgan fingerprint density at radius 1 is 1.55 bits per heavy atom. The third-order valence-electron chi connectivity index (χ3n) is 3.19. The van der Waals surface area contributed by atoms with E-state index < -0.39 is 5.97 Å². The summed E-state index contributed by atoms with van der Waals surface area (Å²) < 4.78 is 5.48. The van der Waals surface area contributed by atoms with Crippen molar-refractivity contribution in [2.75, 3.05) is 0 Å². The summed E-state index contributed by atoms with van der Waals surface area (Å²) in [7, 11) is 0. The zero-order chi connectivity index (χ0) is 14.5. The van der Waals surface area contributed by atoms with Gasteiger partial charge in [-0.05, 0) is 30.9 Å². The van der Waals surface area contributed by atoms with E-state index in [-0.39, 0.29) is 5.56 Å². The van der Waals surface area contributed by atoms with Gasteiger partial charge in [0.2, 0.25) is 0 Å². The number of carbonyl (C=O) groups is 1. The van der Waals surface area contributed by atoms with Crippen LogP contribution in [-0.4, -0.2) is 11.1 Å². The van der Waals surface area contributed by atoms with Gasteiger partial charge in [0.05, 0.1) is 6.54 Å². The average Bonchev–Trinajstić information content (AvgIpc) is 3.03. The molecule has 5 heteroatoms. The first-order chi connectivity index (χ1) is 9.61. The van der Waals surface area contributed by atoms with Crippen LogP contribution in [0.1, 0.15) is 52.6 Å². The molecular formula is C15H19NO3S. The number of aryl methyl sites for hydroxylation is 1. The maximum atomic E-state index is 11.0. The molecule has 0 aliphatic heterocycles. The third-order valence-corrected chi connectivity index (χ3v) is 4.17. The van der Waals surface area contributed by atoms with Gasteiger partial charge < -0.3 is 14.8 Å². The van der Waals surface area contributed by atoms with Crippen LogP contribution >= 0.6 is 11.3 Å². The lowest BCUT2D eigenvalue weighted by atomic mass is 10.1. The van der Waals surface area contributed by atoms with Crippen molar-refractivity contribution >= 4 is 17.3 Å². The highest BCUT2D eigenvalue weighted by atomic mass is 32.1. The van der Waals surface area contributed by atoms with E-state index in [0.717, 1.165) is 12.8 Å². The smallest absolute Gasteiger partial charge is 0.339 e. The van der Waals surface area contributed by atoms with Gasteiger partial charge in [-0.15, -0.1) is 11.3 Å². The second-order valence-corrected chi connectivity index (χ2v) is 5.70. The number of furan rings is 1. The molecule has 108 valence electrons. The predicted molar refractivity (Wildman–Crippen MR) is 79.2 cm³/mol. The number of rotatable bonds is 7. The molecule has 0 spiro atoms. The molecule has 2 N–H and O–H groups in total. The van der Waals surface area contributed by atoms with Gasteiger partial charge >= 0.3 is 5.97 Å². The van der Waals surface area contributed by atoms with Gasteiger partial charge in [-0.25, -0.2) is 4.79 Å². The van der Waals surface area contributed by atoms with Crippen LogP contribution in [0.25, 0.3) is 0 Å². The standard InChI is InChI=1S/C15H19NO3S/c1-3-5-13(14-6-4-7-20-14)16-9-11-8-12(15(17)18)10(2)19-11/h4,6-8,13,16H,3,5,9H2,1-2H3,(H,17,18). The zero-order valence-corrected chi connectivity index (χ0v) is 12.5. The van der Waals surface area contributed by atoms with Gasteiger partial charge in [0.1, 0.15) is 17.1 Å². The fraction of sp³-hybridized carbons (Fsp3) is 0.400. The topological polar surface area (TPSA) is 62.5 Å². The largest absolute Gasteiger partial charge is 0.478 e. The van der Waals surface area contributed by atoms with Crippen LogP contribution in [0.15, 0.2) is 28.0 Å². The number of nitrogens with one attached hydrogen (secondary N) is 1. The fourth-order valence-corrected chi connectivity index (χ4v) is 3.03. The highest BCUT2D eigenvalue weighted by molar-refractivity contribution is 7.10. The SMILES string of the molecule is CCCC(NCc1cc(C(=O)O)c(C)o1)c1cccs1. The second kappa shape index (κ2) is 6.72. The van der Waals surface area contributed by atoms with Crippen LogP contribution < -0.4 is 5.32 Å². The lowest BCUT2D eigenvalue weighted by Crippen LogP contribution is -2.19. The Kier molecular flexibility index (Phi) is 4.98. The van der Waals surface area contributed by atoms with Crippen molar-refractivity contribution in [3.05, 3.63) is 45.5 Å². The van der Waals surface area contributed by atoms with Gasteiger partial charge in [-0.1, -0.05) is 19.4 Å². The highest BCUT2D eigenvalue weighted by Crippen LogP contribution is 2.24. The first-order valence-electron chi connectivity index (χ1n) is 6.71. The summed E-state index contributed by atoms with van der Waals surface area (Å²) >= 11 is 1.73. The number of hydrogen-bond donors (Lipinski definition) is 2. The minimum absolute atomic E-state index is 0.241. The van der Waals surface area contributed by atoms with Crippen LogP contribution in [0, 0.1) is 6.92 Å². The molecule has 1 atom stereocenters. The summed E-state index contributed by atoms with van der Waals surface area (Å²) in [6.07, 6.45) is 2.14. The van der Waals surface area contributed by atoms with Gasteiger partial charge in [-0.3, -0.25) is 0 Å². The molecule has 0 fully saturated rings. The number of hydrogen-bond acceptors (Lipinski definition) is 4. The first kappa shape index (κ1) is 14.8. The molecular weight excluding hydrogens is 274 g/mol. The summed E-state index contributed by atoms with van der Waals surface area (Å²) in [6.45, 7) is 4.37. The number of carboxylic acid groups (broad SMARTS) is 1. The Morgan fingerprint density at radius 2 is 2.35 bits per heavy atom. The van der Waals surface area contributed by atoms with Crippen LogP contribution in [-0.2, 0) is 6.54 Å². The van der Waals surface area contributed by atoms with Crippen molar-refractivity contribution in [3.8, 4) is 0 Å². The lowest BCUT2D eigenvalue weighted by molar-refractivity contribution is 0.0695. The zero-order valence-electron chi connectivity index (χ0n) is 11.7. The fourth-order valence-electron chi connectivity index (χ4n) is 2.19. The van der Waals surface area contributed by atoms with E-state index in [2.05, 4.69) is 23.7 Å². The normalized spacial score (nSPS) is 12.5. The molecule has 0 saturated carbocycles. The monoisotopic (exact) mass is 293 g/mol. The molecule has 0 bridgehead atoms. The first-order valence-corrected chi connectivity index (χ1v) is 7.59. The highest BCUT2D eigenvalue weighted by Gasteiger charge is 2.16. The van der Waals surface area contributed by atoms with Crippen LogP contribution in [0.5, 0.6) is 0 Å². The number of aromatic carboxylic acids is 1. The molecule has 0 aliphatic carbocycles. The van der Waals surface area contributed by atoms with E-state index in [0.29, 0.717) is 24.1 Å². The molecule has 4 nitrogen and oxygen atoms in total. The van der Waals surface area contributed by atoms with Gasteiger partial charge in [-0.2, -0.15) is 0 Å². The van der Waals surface area contributed by atoms with Crippen LogP contribution in [0.4, 0.5) is 0 Å². The maximum Gasteiger partial charge on any atom is 0.339 e. The van der Waals surface area contributed by atoms with Crippen LogP contribution in [0.2, 0.25) is 0 Å². The Morgan fingerprint density at radius 3 is 2.90 bits per heavy atom. The summed E-state index contributed by atoms with van der Waals surface area (Å²) in [5.41, 5.74) is 0.241. The van der Waals surface area contributed by atoms with E-state index in [1.54, 1.807) is 24.3 Å². The van der Waals surface area contributed by atoms with Crippen molar-refractivity contribution in [1.29, 1.82) is 0 Å². The predicted octanol–water partition coefficient (Wildman–Crippen LogP) is 3.98. The summed E-state index contributed by atoms with van der Waals surface area (Å²) in [5.74, 6) is 0.177. The Hall–Kier alpha value is -1.59. The molecule has 2 heterocycles. The van der Waals surface area contributed by atoms with Gasteiger partial charge in [0.15, 0.2) is 0 Å². The van der Waals surface area contributed by atoms with Crippen molar-refractivity contribution in [3.63, 3.8) is 0 Å². The van der Waals surface area contributed by atoms with Gasteiger partial charge in [0, 0.05) is 10.9 Å². The molecule has 20 heavy (non-hydrogen) atoms. The summed E-state index contributed by atoms with van der Waals surface area (Å²) in [4.78, 5) is 12.3. The van der Waals surface area contributed by atoms with Crippen molar-refractivity contribution in [2.24, 2.45) is 0 Å². The average molecular weight is 293 g/mol. The third kappa shape index (κ3) is 3.49. The Balaban J connectivity index is 2.02. The maximum absolute atomic E-state index is 11.0. The molecule has 0 saturated heterocycles. The molecule has 2 aromatic rings. The van der Waals surface area contributed by atoms with Crippen LogP contribution in [0.3, 0.4) is 0 Å². The van der Waals surface area contributed by atoms with Crippen molar-refractivity contribution < 1.29 is 14.3 Å². The molecule has 0 aliphatic rings. The minimum Gasteiger partial charge on any atom is -0.478 e. The number of carboxylic acids is 1. The molecule has 0 aromatic carbocycles. The van der Waals surface area contributed by atoms with E-state index in [1.165, 1.54) is 4.88 Å². The second-order valence-electron chi connectivity index (χ2n) is 4.73. The van der Waals surface area contributed by atoms with Gasteiger partial charge in [0.25, 0.3) is 0 Å². The molecule has 0 amide bonds. The van der Waals surface area contributed by atoms with E-state index in [9.17, 15) is 4.79 Å². The molecule has 0 radical (unpaired) electrons. The molecule has 1 unspecified atom stereocenters. The van der Waals surface area contributed by atoms with E-state index in [4.69, 9.17) is 9.52 Å². The van der Waals surface area contributed by atoms with E-state index in [1.807, 2.05) is 6.07 Å². The molecule has 2 aromatic heterocycles.